The third-order valence-corrected chi connectivity index (χ3v) is 3.38. The molecule has 110 valence electrons. The fraction of sp³-hybridized carbons (Fsp3) is 0.692. The summed E-state index contributed by atoms with van der Waals surface area (Å²) < 4.78 is 0. The van der Waals surface area contributed by atoms with Crippen LogP contribution in [-0.4, -0.2) is 59.2 Å². The molecule has 0 spiro atoms. The van der Waals surface area contributed by atoms with Crippen LogP contribution in [0.15, 0.2) is 6.20 Å². The summed E-state index contributed by atoms with van der Waals surface area (Å²) in [5.74, 6) is 1.40. The summed E-state index contributed by atoms with van der Waals surface area (Å²) in [6, 6.07) is 0. The first-order chi connectivity index (χ1) is 9.83. The summed E-state index contributed by atoms with van der Waals surface area (Å²) in [6.45, 7) is 6.01. The van der Waals surface area contributed by atoms with Gasteiger partial charge < -0.3 is 15.1 Å². The predicted octanol–water partition coefficient (Wildman–Crippen LogP) is 0.752. The van der Waals surface area contributed by atoms with Gasteiger partial charge in [-0.2, -0.15) is 10.1 Å². The molecule has 0 atom stereocenters. The molecular weight excluding hydrogens is 256 g/mol. The van der Waals surface area contributed by atoms with Gasteiger partial charge >= 0.3 is 0 Å². The van der Waals surface area contributed by atoms with Crippen molar-refractivity contribution in [3.8, 4) is 0 Å². The van der Waals surface area contributed by atoms with E-state index in [9.17, 15) is 4.79 Å². The van der Waals surface area contributed by atoms with Crippen LogP contribution in [0.3, 0.4) is 0 Å². The van der Waals surface area contributed by atoms with E-state index in [1.807, 2.05) is 0 Å². The molecule has 1 aromatic rings. The molecule has 7 heteroatoms. The molecule has 1 aliphatic rings. The minimum atomic E-state index is 0.635. The molecule has 1 fully saturated rings. The van der Waals surface area contributed by atoms with Gasteiger partial charge in [0.1, 0.15) is 0 Å². The van der Waals surface area contributed by atoms with Crippen LogP contribution in [0.1, 0.15) is 26.2 Å². The highest BCUT2D eigenvalue weighted by atomic mass is 16.1. The Kier molecular flexibility index (Phi) is 5.52. The molecule has 0 radical (unpaired) electrons. The lowest BCUT2D eigenvalue weighted by atomic mass is 10.2. The van der Waals surface area contributed by atoms with Gasteiger partial charge in [-0.05, 0) is 6.42 Å². The van der Waals surface area contributed by atoms with E-state index in [2.05, 4.69) is 32.3 Å². The second kappa shape index (κ2) is 7.62. The monoisotopic (exact) mass is 278 g/mol. The van der Waals surface area contributed by atoms with Gasteiger partial charge in [0, 0.05) is 32.7 Å². The van der Waals surface area contributed by atoms with Crippen LogP contribution in [0.4, 0.5) is 11.8 Å². The zero-order valence-electron chi connectivity index (χ0n) is 12.0. The van der Waals surface area contributed by atoms with Gasteiger partial charge in [0.15, 0.2) is 5.82 Å². The van der Waals surface area contributed by atoms with Crippen molar-refractivity contribution in [1.82, 2.24) is 20.1 Å². The van der Waals surface area contributed by atoms with Gasteiger partial charge in [-0.25, -0.2) is 0 Å². The van der Waals surface area contributed by atoms with Gasteiger partial charge in [-0.3, -0.25) is 4.79 Å². The third kappa shape index (κ3) is 4.04. The summed E-state index contributed by atoms with van der Waals surface area (Å²) in [4.78, 5) is 19.0. The topological polar surface area (TPSA) is 74.2 Å². The van der Waals surface area contributed by atoms with Gasteiger partial charge in [0.25, 0.3) is 0 Å². The number of amides is 1. The number of hydrogen-bond donors (Lipinski definition) is 1. The van der Waals surface area contributed by atoms with E-state index < -0.39 is 0 Å². The van der Waals surface area contributed by atoms with E-state index in [1.165, 1.54) is 12.8 Å². The van der Waals surface area contributed by atoms with Crippen LogP contribution >= 0.6 is 0 Å². The van der Waals surface area contributed by atoms with Crippen molar-refractivity contribution in [3.05, 3.63) is 6.20 Å². The predicted molar refractivity (Wildman–Crippen MR) is 77.7 cm³/mol. The molecule has 0 aliphatic carbocycles. The summed E-state index contributed by atoms with van der Waals surface area (Å²) >= 11 is 0. The van der Waals surface area contributed by atoms with Crippen molar-refractivity contribution in [2.75, 3.05) is 42.9 Å². The quantitative estimate of drug-likeness (QED) is 0.586. The molecule has 0 bridgehead atoms. The molecule has 0 aromatic carbocycles. The number of aromatic nitrogens is 3. The Morgan fingerprint density at radius 2 is 2.10 bits per heavy atom. The second-order valence-corrected chi connectivity index (χ2v) is 4.90. The minimum Gasteiger partial charge on any atom is -0.369 e. The Morgan fingerprint density at radius 3 is 2.80 bits per heavy atom. The van der Waals surface area contributed by atoms with Crippen molar-refractivity contribution in [2.45, 2.75) is 26.2 Å². The molecule has 2 rings (SSSR count). The van der Waals surface area contributed by atoms with E-state index in [4.69, 9.17) is 0 Å². The standard InChI is InChI=1S/C13H22N6O/c1-2-3-4-5-14-12-10-15-17-13(16-12)19-8-6-18(11-20)7-9-19/h10-11H,2-9H2,1H3,(H,14,16,17). The number of carbonyl (C=O) groups excluding carboxylic acids is 1. The lowest BCUT2D eigenvalue weighted by Gasteiger charge is -2.32. The maximum absolute atomic E-state index is 10.7. The van der Waals surface area contributed by atoms with Crippen molar-refractivity contribution in [3.63, 3.8) is 0 Å². The summed E-state index contributed by atoms with van der Waals surface area (Å²) in [5.41, 5.74) is 0. The van der Waals surface area contributed by atoms with E-state index in [1.54, 1.807) is 11.1 Å². The van der Waals surface area contributed by atoms with Crippen molar-refractivity contribution >= 4 is 18.2 Å². The normalized spacial score (nSPS) is 15.2. The zero-order chi connectivity index (χ0) is 14.2. The van der Waals surface area contributed by atoms with Gasteiger partial charge in [0.05, 0.1) is 6.20 Å². The fourth-order valence-corrected chi connectivity index (χ4v) is 2.13. The van der Waals surface area contributed by atoms with Gasteiger partial charge in [-0.15, -0.1) is 5.10 Å². The average Bonchev–Trinajstić information content (AvgIpc) is 2.52. The molecule has 1 saturated heterocycles. The number of hydrogen-bond acceptors (Lipinski definition) is 6. The van der Waals surface area contributed by atoms with E-state index in [-0.39, 0.29) is 0 Å². The first-order valence-electron chi connectivity index (χ1n) is 7.21. The van der Waals surface area contributed by atoms with E-state index in [0.29, 0.717) is 19.0 Å². The number of anilines is 2. The molecule has 0 saturated carbocycles. The summed E-state index contributed by atoms with van der Waals surface area (Å²) in [7, 11) is 0. The number of nitrogens with zero attached hydrogens (tertiary/aromatic N) is 5. The largest absolute Gasteiger partial charge is 0.369 e. The average molecular weight is 278 g/mol. The van der Waals surface area contributed by atoms with Crippen molar-refractivity contribution in [1.29, 1.82) is 0 Å². The highest BCUT2D eigenvalue weighted by Gasteiger charge is 2.18. The summed E-state index contributed by atoms with van der Waals surface area (Å²) in [6.07, 6.45) is 6.09. The lowest BCUT2D eigenvalue weighted by molar-refractivity contribution is -0.118. The Labute approximate surface area is 119 Å². The maximum atomic E-state index is 10.7. The molecule has 20 heavy (non-hydrogen) atoms. The molecule has 1 N–H and O–H groups in total. The number of unbranched alkanes of at least 4 members (excludes halogenated alkanes) is 2. The van der Waals surface area contributed by atoms with Crippen molar-refractivity contribution < 1.29 is 4.79 Å². The van der Waals surface area contributed by atoms with E-state index in [0.717, 1.165) is 38.3 Å². The minimum absolute atomic E-state index is 0.635. The Balaban J connectivity index is 1.87. The third-order valence-electron chi connectivity index (χ3n) is 3.38. The maximum Gasteiger partial charge on any atom is 0.247 e. The van der Waals surface area contributed by atoms with Crippen LogP contribution in [0.2, 0.25) is 0 Å². The van der Waals surface area contributed by atoms with Crippen molar-refractivity contribution in [2.24, 2.45) is 0 Å². The Bertz CT molecular complexity index is 419. The zero-order valence-corrected chi connectivity index (χ0v) is 12.0. The highest BCUT2D eigenvalue weighted by molar-refractivity contribution is 5.48. The van der Waals surface area contributed by atoms with Crippen LogP contribution < -0.4 is 10.2 Å². The Morgan fingerprint density at radius 1 is 1.30 bits per heavy atom. The molecular formula is C13H22N6O. The Hall–Kier alpha value is -1.92. The number of rotatable bonds is 7. The van der Waals surface area contributed by atoms with Crippen LogP contribution in [0.5, 0.6) is 0 Å². The summed E-state index contributed by atoms with van der Waals surface area (Å²) in [5, 5.41) is 11.3. The smallest absolute Gasteiger partial charge is 0.247 e. The molecule has 1 aromatic heterocycles. The molecule has 2 heterocycles. The molecule has 1 amide bonds. The van der Waals surface area contributed by atoms with E-state index >= 15 is 0 Å². The first-order valence-corrected chi connectivity index (χ1v) is 7.21. The van der Waals surface area contributed by atoms with Crippen LogP contribution in [0, 0.1) is 0 Å². The SMILES string of the molecule is CCCCCNc1cnnc(N2CCN(C=O)CC2)n1. The fourth-order valence-electron chi connectivity index (χ4n) is 2.13. The highest BCUT2D eigenvalue weighted by Crippen LogP contribution is 2.11. The number of nitrogens with one attached hydrogen (secondary N) is 1. The molecule has 1 aliphatic heterocycles. The van der Waals surface area contributed by atoms with Crippen LogP contribution in [-0.2, 0) is 4.79 Å². The second-order valence-electron chi connectivity index (χ2n) is 4.90. The van der Waals surface area contributed by atoms with Crippen LogP contribution in [0.25, 0.3) is 0 Å². The molecule has 7 nitrogen and oxygen atoms in total. The lowest BCUT2D eigenvalue weighted by Crippen LogP contribution is -2.46. The van der Waals surface area contributed by atoms with Gasteiger partial charge in [0.2, 0.25) is 12.4 Å². The first kappa shape index (κ1) is 14.5. The molecule has 0 unspecified atom stereocenters. The number of piperazine rings is 1. The number of carbonyl (C=O) groups is 1. The van der Waals surface area contributed by atoms with Gasteiger partial charge in [-0.1, -0.05) is 19.8 Å².